The summed E-state index contributed by atoms with van der Waals surface area (Å²) in [6.45, 7) is 2.12. The summed E-state index contributed by atoms with van der Waals surface area (Å²) < 4.78 is 10.1. The van der Waals surface area contributed by atoms with Gasteiger partial charge in [0.15, 0.2) is 0 Å². The third-order valence-electron chi connectivity index (χ3n) is 1.35. The number of aryl methyl sites for hydroxylation is 1. The van der Waals surface area contributed by atoms with Gasteiger partial charge in [-0.3, -0.25) is 0 Å². The van der Waals surface area contributed by atoms with Gasteiger partial charge >= 0.3 is 0 Å². The van der Waals surface area contributed by atoms with Crippen molar-refractivity contribution >= 4 is 0 Å². The molecule has 52 valence electrons. The highest BCUT2D eigenvalue weighted by Gasteiger charge is 2.16. The van der Waals surface area contributed by atoms with Gasteiger partial charge in [0, 0.05) is 0 Å². The Hall–Kier alpha value is -1.32. The van der Waals surface area contributed by atoms with Gasteiger partial charge in [0.25, 0.3) is 5.88 Å². The van der Waals surface area contributed by atoms with Crippen LogP contribution in [0.5, 0.6) is 11.6 Å². The van der Waals surface area contributed by atoms with Gasteiger partial charge in [-0.1, -0.05) is 0 Å². The maximum atomic E-state index is 5.08. The van der Waals surface area contributed by atoms with E-state index in [0.29, 0.717) is 11.6 Å². The standard InChI is InChI=1S/C6H6N2O2/c1-4-5-6(8-2-7-4)10-3-9-5/h2H,3H2,1H3. The minimum atomic E-state index is 0.259. The van der Waals surface area contributed by atoms with Crippen LogP contribution in [0.15, 0.2) is 6.33 Å². The van der Waals surface area contributed by atoms with E-state index in [-0.39, 0.29) is 6.79 Å². The molecule has 0 aliphatic carbocycles. The van der Waals surface area contributed by atoms with Crippen LogP contribution in [0.3, 0.4) is 0 Å². The first-order valence-electron chi connectivity index (χ1n) is 2.95. The molecule has 0 spiro atoms. The molecule has 1 aromatic heterocycles. The highest BCUT2D eigenvalue weighted by molar-refractivity contribution is 5.37. The Morgan fingerprint density at radius 2 is 2.30 bits per heavy atom. The lowest BCUT2D eigenvalue weighted by atomic mass is 10.4. The van der Waals surface area contributed by atoms with E-state index in [1.807, 2.05) is 6.92 Å². The zero-order valence-electron chi connectivity index (χ0n) is 5.50. The Labute approximate surface area is 57.8 Å². The summed E-state index contributed by atoms with van der Waals surface area (Å²) in [5, 5.41) is 0. The molecule has 4 nitrogen and oxygen atoms in total. The average Bonchev–Trinajstić information content (AvgIpc) is 2.36. The number of nitrogens with zero attached hydrogens (tertiary/aromatic N) is 2. The number of rotatable bonds is 0. The molecule has 2 rings (SSSR count). The van der Waals surface area contributed by atoms with E-state index in [1.54, 1.807) is 0 Å². The molecule has 1 aromatic rings. The second-order valence-corrected chi connectivity index (χ2v) is 2.00. The first kappa shape index (κ1) is 5.46. The van der Waals surface area contributed by atoms with Crippen LogP contribution in [0.4, 0.5) is 0 Å². The van der Waals surface area contributed by atoms with Gasteiger partial charge < -0.3 is 9.47 Å². The van der Waals surface area contributed by atoms with Crippen molar-refractivity contribution in [3.05, 3.63) is 12.0 Å². The van der Waals surface area contributed by atoms with Crippen molar-refractivity contribution in [2.45, 2.75) is 6.92 Å². The van der Waals surface area contributed by atoms with Gasteiger partial charge in [0.05, 0.1) is 5.69 Å². The highest BCUT2D eigenvalue weighted by Crippen LogP contribution is 2.30. The molecule has 4 heteroatoms. The van der Waals surface area contributed by atoms with E-state index in [2.05, 4.69) is 9.97 Å². The Kier molecular flexibility index (Phi) is 1.00. The molecule has 0 bridgehead atoms. The fourth-order valence-electron chi connectivity index (χ4n) is 0.853. The minimum absolute atomic E-state index is 0.259. The van der Waals surface area contributed by atoms with E-state index in [9.17, 15) is 0 Å². The molecule has 0 N–H and O–H groups in total. The summed E-state index contributed by atoms with van der Waals surface area (Å²) >= 11 is 0. The van der Waals surface area contributed by atoms with Crippen molar-refractivity contribution in [2.24, 2.45) is 0 Å². The van der Waals surface area contributed by atoms with Crippen molar-refractivity contribution in [3.63, 3.8) is 0 Å². The van der Waals surface area contributed by atoms with Crippen LogP contribution >= 0.6 is 0 Å². The summed E-state index contributed by atoms with van der Waals surface area (Å²) in [5.41, 5.74) is 0.822. The zero-order valence-corrected chi connectivity index (χ0v) is 5.50. The number of fused-ring (bicyclic) bond motifs is 1. The number of hydrogen-bond donors (Lipinski definition) is 0. The minimum Gasteiger partial charge on any atom is -0.450 e. The molecule has 1 aliphatic rings. The molecule has 0 atom stereocenters. The third-order valence-corrected chi connectivity index (χ3v) is 1.35. The maximum absolute atomic E-state index is 5.08. The van der Waals surface area contributed by atoms with Crippen LogP contribution in [-0.4, -0.2) is 16.8 Å². The van der Waals surface area contributed by atoms with E-state index in [4.69, 9.17) is 9.47 Å². The summed E-state index contributed by atoms with van der Waals surface area (Å²) in [5.74, 6) is 1.22. The van der Waals surface area contributed by atoms with Gasteiger partial charge in [0.2, 0.25) is 12.5 Å². The largest absolute Gasteiger partial charge is 0.450 e. The van der Waals surface area contributed by atoms with Crippen LogP contribution in [-0.2, 0) is 0 Å². The molecule has 1 aliphatic heterocycles. The summed E-state index contributed by atoms with van der Waals surface area (Å²) in [6, 6.07) is 0. The molecule has 0 saturated heterocycles. The highest BCUT2D eigenvalue weighted by atomic mass is 16.7. The fourth-order valence-corrected chi connectivity index (χ4v) is 0.853. The van der Waals surface area contributed by atoms with Crippen molar-refractivity contribution in [3.8, 4) is 11.6 Å². The van der Waals surface area contributed by atoms with Gasteiger partial charge in [-0.05, 0) is 6.92 Å². The molecule has 0 saturated carbocycles. The van der Waals surface area contributed by atoms with Gasteiger partial charge in [0.1, 0.15) is 6.33 Å². The SMILES string of the molecule is Cc1ncnc2c1OCO2. The Balaban J connectivity index is 2.59. The van der Waals surface area contributed by atoms with E-state index < -0.39 is 0 Å². The molecule has 2 heterocycles. The van der Waals surface area contributed by atoms with Crippen LogP contribution < -0.4 is 9.47 Å². The first-order chi connectivity index (χ1) is 4.88. The molecule has 10 heavy (non-hydrogen) atoms. The Morgan fingerprint density at radius 1 is 1.40 bits per heavy atom. The van der Waals surface area contributed by atoms with Crippen LogP contribution in [0.1, 0.15) is 5.69 Å². The predicted molar refractivity (Wildman–Crippen MR) is 32.9 cm³/mol. The van der Waals surface area contributed by atoms with E-state index in [0.717, 1.165) is 5.69 Å². The lowest BCUT2D eigenvalue weighted by molar-refractivity contribution is 0.170. The van der Waals surface area contributed by atoms with Gasteiger partial charge in [-0.2, -0.15) is 4.98 Å². The molecule has 0 aromatic carbocycles. The zero-order chi connectivity index (χ0) is 6.97. The molecular weight excluding hydrogens is 132 g/mol. The molecule has 0 amide bonds. The van der Waals surface area contributed by atoms with E-state index >= 15 is 0 Å². The summed E-state index contributed by atoms with van der Waals surface area (Å²) in [6.07, 6.45) is 1.46. The quantitative estimate of drug-likeness (QED) is 0.524. The average molecular weight is 138 g/mol. The Morgan fingerprint density at radius 3 is 3.10 bits per heavy atom. The predicted octanol–water partition coefficient (Wildman–Crippen LogP) is 0.514. The third kappa shape index (κ3) is 0.618. The number of aromatic nitrogens is 2. The Bertz CT molecular complexity index is 262. The molecular formula is C6H6N2O2. The first-order valence-corrected chi connectivity index (χ1v) is 2.95. The number of ether oxygens (including phenoxy) is 2. The van der Waals surface area contributed by atoms with Crippen LogP contribution in [0.2, 0.25) is 0 Å². The maximum Gasteiger partial charge on any atom is 0.263 e. The van der Waals surface area contributed by atoms with Crippen molar-refractivity contribution in [1.82, 2.24) is 9.97 Å². The lowest BCUT2D eigenvalue weighted by Crippen LogP contribution is -1.93. The second kappa shape index (κ2) is 1.83. The topological polar surface area (TPSA) is 44.2 Å². The summed E-state index contributed by atoms with van der Waals surface area (Å²) in [7, 11) is 0. The summed E-state index contributed by atoms with van der Waals surface area (Å²) in [4.78, 5) is 7.80. The van der Waals surface area contributed by atoms with Gasteiger partial charge in [-0.15, -0.1) is 0 Å². The lowest BCUT2D eigenvalue weighted by Gasteiger charge is -1.94. The van der Waals surface area contributed by atoms with Crippen molar-refractivity contribution in [1.29, 1.82) is 0 Å². The number of hydrogen-bond acceptors (Lipinski definition) is 4. The van der Waals surface area contributed by atoms with Crippen LogP contribution in [0, 0.1) is 6.92 Å². The fraction of sp³-hybridized carbons (Fsp3) is 0.333. The molecule has 0 radical (unpaired) electrons. The molecule has 0 unspecified atom stereocenters. The smallest absolute Gasteiger partial charge is 0.263 e. The molecule has 0 fully saturated rings. The van der Waals surface area contributed by atoms with Crippen molar-refractivity contribution in [2.75, 3.05) is 6.79 Å². The normalized spacial score (nSPS) is 13.7. The van der Waals surface area contributed by atoms with E-state index in [1.165, 1.54) is 6.33 Å². The van der Waals surface area contributed by atoms with Crippen LogP contribution in [0.25, 0.3) is 0 Å². The van der Waals surface area contributed by atoms with Gasteiger partial charge in [-0.25, -0.2) is 4.98 Å². The second-order valence-electron chi connectivity index (χ2n) is 2.00. The van der Waals surface area contributed by atoms with Crippen molar-refractivity contribution < 1.29 is 9.47 Å². The monoisotopic (exact) mass is 138 g/mol.